The Morgan fingerprint density at radius 3 is 2.72 bits per heavy atom. The molecule has 1 aliphatic heterocycles. The van der Waals surface area contributed by atoms with Crippen molar-refractivity contribution in [2.75, 3.05) is 31.6 Å². The third-order valence-electron chi connectivity index (χ3n) is 5.24. The number of anilines is 1. The molecule has 3 aromatic rings. The van der Waals surface area contributed by atoms with Crippen LogP contribution in [0, 0.1) is 0 Å². The van der Waals surface area contributed by atoms with Gasteiger partial charge in [-0.1, -0.05) is 23.5 Å². The molecule has 1 aromatic heterocycles. The average molecular weight is 412 g/mol. The number of hydrogen-bond acceptors (Lipinski definition) is 6. The second-order valence-electron chi connectivity index (χ2n) is 7.27. The summed E-state index contributed by atoms with van der Waals surface area (Å²) in [6.07, 6.45) is 2.03. The number of fused-ring (bicyclic) bond motifs is 1. The lowest BCUT2D eigenvalue weighted by Crippen LogP contribution is -2.38. The number of ether oxygens (including phenoxy) is 1. The fourth-order valence-electron chi connectivity index (χ4n) is 3.75. The van der Waals surface area contributed by atoms with Gasteiger partial charge >= 0.3 is 0 Å². The van der Waals surface area contributed by atoms with Gasteiger partial charge in [0.1, 0.15) is 11.5 Å². The molecule has 0 unspecified atom stereocenters. The van der Waals surface area contributed by atoms with E-state index in [0.717, 1.165) is 41.9 Å². The first kappa shape index (κ1) is 19.7. The molecule has 0 saturated carbocycles. The van der Waals surface area contributed by atoms with E-state index in [9.17, 15) is 9.90 Å². The van der Waals surface area contributed by atoms with Crippen LogP contribution < -0.4 is 10.1 Å². The van der Waals surface area contributed by atoms with Crippen molar-refractivity contribution in [1.29, 1.82) is 0 Å². The molecule has 7 heteroatoms. The van der Waals surface area contributed by atoms with Crippen molar-refractivity contribution in [2.45, 2.75) is 25.7 Å². The number of nitrogens with one attached hydrogen (secondary N) is 1. The maximum absolute atomic E-state index is 12.5. The largest absolute Gasteiger partial charge is 0.508 e. The van der Waals surface area contributed by atoms with Crippen LogP contribution in [0.2, 0.25) is 0 Å². The van der Waals surface area contributed by atoms with Gasteiger partial charge < -0.3 is 15.2 Å². The van der Waals surface area contributed by atoms with E-state index in [4.69, 9.17) is 4.74 Å². The molecule has 152 valence electrons. The number of phenols is 1. The van der Waals surface area contributed by atoms with Crippen molar-refractivity contribution in [3.05, 3.63) is 48.0 Å². The molecule has 2 N–H and O–H groups in total. The summed E-state index contributed by atoms with van der Waals surface area (Å²) in [5, 5.41) is 13.0. The fourth-order valence-corrected chi connectivity index (χ4v) is 4.66. The highest BCUT2D eigenvalue weighted by Crippen LogP contribution is 2.30. The fraction of sp³-hybridized carbons (Fsp3) is 0.364. The Labute approximate surface area is 174 Å². The lowest BCUT2D eigenvalue weighted by atomic mass is 9.89. The van der Waals surface area contributed by atoms with Gasteiger partial charge in [-0.2, -0.15) is 0 Å². The number of hydrogen-bond donors (Lipinski definition) is 2. The number of aromatic hydroxyl groups is 1. The Kier molecular flexibility index (Phi) is 5.97. The lowest BCUT2D eigenvalue weighted by Gasteiger charge is -2.31. The number of benzene rings is 2. The van der Waals surface area contributed by atoms with Crippen LogP contribution in [0.25, 0.3) is 10.2 Å². The second kappa shape index (κ2) is 8.80. The molecule has 0 atom stereocenters. The molecule has 1 fully saturated rings. The number of nitrogens with zero attached hydrogens (tertiary/aromatic N) is 2. The van der Waals surface area contributed by atoms with Crippen LogP contribution >= 0.6 is 11.3 Å². The topological polar surface area (TPSA) is 74.7 Å². The molecule has 6 nitrogen and oxygen atoms in total. The van der Waals surface area contributed by atoms with E-state index in [-0.39, 0.29) is 5.91 Å². The minimum atomic E-state index is -0.0304. The second-order valence-corrected chi connectivity index (χ2v) is 8.30. The number of carbonyl (C=O) groups excluding carboxylic acids is 1. The highest BCUT2D eigenvalue weighted by atomic mass is 32.1. The minimum absolute atomic E-state index is 0.0304. The standard InChI is InChI=1S/C22H25N3O3S/c1-2-28-18-7-8-19-20(13-18)29-22(23-19)24-21(27)14-25-11-9-16(10-12-25)15-3-5-17(26)6-4-15/h3-8,13,16,26H,2,9-12,14H2,1H3,(H,23,24,27). The normalized spacial score (nSPS) is 15.5. The Hall–Kier alpha value is -2.64. The number of aromatic nitrogens is 1. The van der Waals surface area contributed by atoms with Crippen LogP contribution in [-0.2, 0) is 4.79 Å². The van der Waals surface area contributed by atoms with E-state index < -0.39 is 0 Å². The summed E-state index contributed by atoms with van der Waals surface area (Å²) in [6.45, 7) is 4.73. The SMILES string of the molecule is CCOc1ccc2nc(NC(=O)CN3CCC(c4ccc(O)cc4)CC3)sc2c1. The smallest absolute Gasteiger partial charge is 0.240 e. The van der Waals surface area contributed by atoms with Crippen LogP contribution in [0.3, 0.4) is 0 Å². The molecule has 1 amide bonds. The number of amides is 1. The predicted molar refractivity (Wildman–Crippen MR) is 116 cm³/mol. The zero-order valence-corrected chi connectivity index (χ0v) is 17.2. The van der Waals surface area contributed by atoms with Gasteiger partial charge in [0, 0.05) is 0 Å². The Balaban J connectivity index is 1.30. The van der Waals surface area contributed by atoms with E-state index >= 15 is 0 Å². The van der Waals surface area contributed by atoms with Crippen LogP contribution in [0.4, 0.5) is 5.13 Å². The molecule has 29 heavy (non-hydrogen) atoms. The summed E-state index contributed by atoms with van der Waals surface area (Å²) in [6, 6.07) is 13.2. The summed E-state index contributed by atoms with van der Waals surface area (Å²) in [4.78, 5) is 19.2. The first-order valence-corrected chi connectivity index (χ1v) is 10.8. The van der Waals surface area contributed by atoms with Gasteiger partial charge in [0.15, 0.2) is 5.13 Å². The quantitative estimate of drug-likeness (QED) is 0.635. The Morgan fingerprint density at radius 1 is 1.24 bits per heavy atom. The van der Waals surface area contributed by atoms with Crippen molar-refractivity contribution in [2.24, 2.45) is 0 Å². The molecule has 0 radical (unpaired) electrons. The number of phenolic OH excluding ortho intramolecular Hbond substituents is 1. The Morgan fingerprint density at radius 2 is 2.00 bits per heavy atom. The van der Waals surface area contributed by atoms with Crippen molar-refractivity contribution >= 4 is 32.6 Å². The number of likely N-dealkylation sites (tertiary alicyclic amines) is 1. The van der Waals surface area contributed by atoms with Crippen molar-refractivity contribution in [1.82, 2.24) is 9.88 Å². The monoisotopic (exact) mass is 411 g/mol. The van der Waals surface area contributed by atoms with Crippen molar-refractivity contribution in [3.8, 4) is 11.5 Å². The van der Waals surface area contributed by atoms with Gasteiger partial charge in [0.2, 0.25) is 5.91 Å². The molecule has 2 heterocycles. The van der Waals surface area contributed by atoms with Crippen LogP contribution in [0.15, 0.2) is 42.5 Å². The molecule has 0 spiro atoms. The number of piperidine rings is 1. The van der Waals surface area contributed by atoms with Gasteiger partial charge in [-0.15, -0.1) is 0 Å². The first-order valence-electron chi connectivity index (χ1n) is 9.95. The predicted octanol–water partition coefficient (Wildman–Crippen LogP) is 4.22. The summed E-state index contributed by atoms with van der Waals surface area (Å²) < 4.78 is 6.52. The molecule has 2 aromatic carbocycles. The lowest BCUT2D eigenvalue weighted by molar-refractivity contribution is -0.117. The van der Waals surface area contributed by atoms with Gasteiger partial charge in [-0.3, -0.25) is 9.69 Å². The van der Waals surface area contributed by atoms with E-state index in [1.54, 1.807) is 12.1 Å². The Bertz CT molecular complexity index is 979. The number of rotatable bonds is 6. The molecule has 0 bridgehead atoms. The van der Waals surface area contributed by atoms with Gasteiger partial charge in [0.25, 0.3) is 0 Å². The zero-order valence-electron chi connectivity index (χ0n) is 16.4. The molecular weight excluding hydrogens is 386 g/mol. The molecule has 1 saturated heterocycles. The molecular formula is C22H25N3O3S. The van der Waals surface area contributed by atoms with Crippen molar-refractivity contribution in [3.63, 3.8) is 0 Å². The summed E-state index contributed by atoms with van der Waals surface area (Å²) in [7, 11) is 0. The zero-order chi connectivity index (χ0) is 20.2. The van der Waals surface area contributed by atoms with Crippen molar-refractivity contribution < 1.29 is 14.6 Å². The van der Waals surface area contributed by atoms with E-state index in [0.29, 0.717) is 30.0 Å². The highest BCUT2D eigenvalue weighted by Gasteiger charge is 2.22. The van der Waals surface area contributed by atoms with Gasteiger partial charge in [0.05, 0.1) is 23.4 Å². The maximum Gasteiger partial charge on any atom is 0.240 e. The van der Waals surface area contributed by atoms with Crippen LogP contribution in [-0.4, -0.2) is 47.1 Å². The molecule has 0 aliphatic carbocycles. The third kappa shape index (κ3) is 4.86. The maximum atomic E-state index is 12.5. The van der Waals surface area contributed by atoms with Crippen LogP contribution in [0.1, 0.15) is 31.2 Å². The summed E-state index contributed by atoms with van der Waals surface area (Å²) >= 11 is 1.46. The van der Waals surface area contributed by atoms with Gasteiger partial charge in [-0.05, 0) is 74.7 Å². The highest BCUT2D eigenvalue weighted by molar-refractivity contribution is 7.22. The number of thiazole rings is 1. The number of carbonyl (C=O) groups is 1. The van der Waals surface area contributed by atoms with E-state index in [1.165, 1.54) is 16.9 Å². The molecule has 1 aliphatic rings. The van der Waals surface area contributed by atoms with E-state index in [1.807, 2.05) is 37.3 Å². The van der Waals surface area contributed by atoms with E-state index in [2.05, 4.69) is 15.2 Å². The van der Waals surface area contributed by atoms with Crippen LogP contribution in [0.5, 0.6) is 11.5 Å². The third-order valence-corrected chi connectivity index (χ3v) is 6.17. The average Bonchev–Trinajstić information content (AvgIpc) is 3.11. The summed E-state index contributed by atoms with van der Waals surface area (Å²) in [5.41, 5.74) is 2.12. The molecule has 4 rings (SSSR count). The minimum Gasteiger partial charge on any atom is -0.508 e. The first-order chi connectivity index (χ1) is 14.1. The van der Waals surface area contributed by atoms with Gasteiger partial charge in [-0.25, -0.2) is 4.98 Å². The summed E-state index contributed by atoms with van der Waals surface area (Å²) in [5.74, 6) is 1.57.